The highest BCUT2D eigenvalue weighted by Gasteiger charge is 2.38. The van der Waals surface area contributed by atoms with Gasteiger partial charge in [0.15, 0.2) is 5.96 Å². The molecule has 1 heterocycles. The summed E-state index contributed by atoms with van der Waals surface area (Å²) in [7, 11) is -2.93. The number of rotatable bonds is 8. The molecule has 0 amide bonds. The first-order valence-electron chi connectivity index (χ1n) is 10.4. The highest BCUT2D eigenvalue weighted by molar-refractivity contribution is 14.0. The monoisotopic (exact) mass is 546 g/mol. The highest BCUT2D eigenvalue weighted by atomic mass is 127. The van der Waals surface area contributed by atoms with Crippen LogP contribution >= 0.6 is 35.7 Å². The summed E-state index contributed by atoms with van der Waals surface area (Å²) in [6, 6.07) is 0.0752. The summed E-state index contributed by atoms with van der Waals surface area (Å²) in [5, 5.41) is 6.74. The van der Waals surface area contributed by atoms with Crippen LogP contribution in [-0.2, 0) is 9.84 Å². The number of hydrogen-bond donors (Lipinski definition) is 2. The van der Waals surface area contributed by atoms with E-state index in [1.165, 1.54) is 63.0 Å². The van der Waals surface area contributed by atoms with Crippen molar-refractivity contribution in [3.63, 3.8) is 0 Å². The number of halogens is 1. The fourth-order valence-electron chi connectivity index (χ4n) is 4.06. The van der Waals surface area contributed by atoms with Crippen molar-refractivity contribution in [1.82, 2.24) is 15.5 Å². The molecule has 1 atom stereocenters. The molecule has 1 aliphatic carbocycles. The lowest BCUT2D eigenvalue weighted by molar-refractivity contribution is 0.0671. The Bertz CT molecular complexity index is 574. The van der Waals surface area contributed by atoms with Crippen molar-refractivity contribution >= 4 is 51.5 Å². The molecule has 0 aromatic carbocycles. The lowest BCUT2D eigenvalue weighted by atomic mass is 9.80. The van der Waals surface area contributed by atoms with E-state index in [1.54, 1.807) is 0 Å². The summed E-state index contributed by atoms with van der Waals surface area (Å²) < 4.78 is 22.8. The normalized spacial score (nSPS) is 22.2. The second-order valence-corrected chi connectivity index (χ2v) is 11.5. The summed E-state index contributed by atoms with van der Waals surface area (Å²) in [6.07, 6.45) is 8.31. The first-order chi connectivity index (χ1) is 12.8. The van der Waals surface area contributed by atoms with Gasteiger partial charge in [0, 0.05) is 49.0 Å². The molecule has 1 unspecified atom stereocenters. The summed E-state index contributed by atoms with van der Waals surface area (Å²) in [5.41, 5.74) is 0.206. The molecule has 9 heteroatoms. The van der Waals surface area contributed by atoms with E-state index in [9.17, 15) is 8.42 Å². The molecule has 0 radical (unpaired) electrons. The quantitative estimate of drug-likeness (QED) is 0.277. The van der Waals surface area contributed by atoms with Crippen LogP contribution in [-0.4, -0.2) is 80.6 Å². The van der Waals surface area contributed by atoms with E-state index in [0.717, 1.165) is 19.0 Å². The van der Waals surface area contributed by atoms with Gasteiger partial charge in [0.05, 0.1) is 12.3 Å². The van der Waals surface area contributed by atoms with Gasteiger partial charge in [-0.15, -0.1) is 24.0 Å². The van der Waals surface area contributed by atoms with Crippen molar-refractivity contribution in [3.05, 3.63) is 0 Å². The highest BCUT2D eigenvalue weighted by Crippen LogP contribution is 2.35. The molecule has 0 aromatic rings. The number of aliphatic imine (C=N–C) groups is 1. The zero-order valence-electron chi connectivity index (χ0n) is 17.7. The van der Waals surface area contributed by atoms with Crippen LogP contribution in [0.2, 0.25) is 0 Å². The van der Waals surface area contributed by atoms with Crippen molar-refractivity contribution in [3.8, 4) is 0 Å². The van der Waals surface area contributed by atoms with E-state index < -0.39 is 9.84 Å². The van der Waals surface area contributed by atoms with E-state index >= 15 is 0 Å². The van der Waals surface area contributed by atoms with Crippen LogP contribution in [0.25, 0.3) is 0 Å². The third-order valence-electron chi connectivity index (χ3n) is 5.65. The van der Waals surface area contributed by atoms with Crippen LogP contribution in [0.15, 0.2) is 4.99 Å². The molecular formula is C19H39IN4O2S2. The average Bonchev–Trinajstić information content (AvgIpc) is 2.66. The maximum atomic E-state index is 11.4. The summed E-state index contributed by atoms with van der Waals surface area (Å²) in [5.74, 6) is 3.48. The molecule has 166 valence electrons. The van der Waals surface area contributed by atoms with Gasteiger partial charge in [-0.1, -0.05) is 19.3 Å². The topological polar surface area (TPSA) is 73.8 Å². The van der Waals surface area contributed by atoms with E-state index in [0.29, 0.717) is 6.42 Å². The number of hydrogen-bond acceptors (Lipinski definition) is 5. The van der Waals surface area contributed by atoms with Crippen molar-refractivity contribution in [2.75, 3.05) is 49.7 Å². The Morgan fingerprint density at radius 3 is 2.43 bits per heavy atom. The van der Waals surface area contributed by atoms with Crippen molar-refractivity contribution in [1.29, 1.82) is 0 Å². The van der Waals surface area contributed by atoms with Gasteiger partial charge in [-0.25, -0.2) is 8.42 Å². The van der Waals surface area contributed by atoms with Crippen LogP contribution in [0.1, 0.15) is 52.4 Å². The minimum Gasteiger partial charge on any atom is -0.357 e. The van der Waals surface area contributed by atoms with E-state index in [1.807, 2.05) is 6.92 Å². The first-order valence-corrected chi connectivity index (χ1v) is 13.6. The molecule has 0 aromatic heterocycles. The Morgan fingerprint density at radius 1 is 1.21 bits per heavy atom. The Labute approximate surface area is 193 Å². The number of guanidine groups is 1. The van der Waals surface area contributed by atoms with E-state index in [-0.39, 0.29) is 41.3 Å². The number of nitrogens with one attached hydrogen (secondary N) is 2. The molecule has 6 nitrogen and oxygen atoms in total. The van der Waals surface area contributed by atoms with Gasteiger partial charge in [0.2, 0.25) is 0 Å². The predicted molar refractivity (Wildman–Crippen MR) is 133 cm³/mol. The van der Waals surface area contributed by atoms with E-state index in [4.69, 9.17) is 4.99 Å². The zero-order valence-corrected chi connectivity index (χ0v) is 21.7. The molecule has 1 saturated carbocycles. The molecule has 0 bridgehead atoms. The predicted octanol–water partition coefficient (Wildman–Crippen LogP) is 2.73. The van der Waals surface area contributed by atoms with Crippen LogP contribution in [0, 0.1) is 0 Å². The summed E-state index contributed by atoms with van der Waals surface area (Å²) in [4.78, 5) is 7.66. The van der Waals surface area contributed by atoms with Crippen LogP contribution in [0.4, 0.5) is 0 Å². The largest absolute Gasteiger partial charge is 0.357 e. The van der Waals surface area contributed by atoms with Gasteiger partial charge in [-0.3, -0.25) is 9.89 Å². The Balaban J connectivity index is 0.00000392. The van der Waals surface area contributed by atoms with Gasteiger partial charge in [-0.05, 0) is 33.1 Å². The summed E-state index contributed by atoms with van der Waals surface area (Å²) in [6.45, 7) is 8.07. The van der Waals surface area contributed by atoms with Gasteiger partial charge >= 0.3 is 0 Å². The van der Waals surface area contributed by atoms with Gasteiger partial charge < -0.3 is 10.6 Å². The SMILES string of the molecule is CCNC(=NCC1(N2CCSCC2)CCCCC1)NC(C)CCS(C)(=O)=O.I. The fourth-order valence-corrected chi connectivity index (χ4v) is 5.75. The lowest BCUT2D eigenvalue weighted by Gasteiger charge is -2.47. The maximum absolute atomic E-state index is 11.4. The van der Waals surface area contributed by atoms with Crippen molar-refractivity contribution in [2.45, 2.75) is 64.0 Å². The Hall–Kier alpha value is 0.260. The number of thioether (sulfide) groups is 1. The second-order valence-electron chi connectivity index (χ2n) is 8.04. The minimum absolute atomic E-state index is 0. The zero-order chi connectivity index (χ0) is 19.8. The molecule has 1 aliphatic heterocycles. The van der Waals surface area contributed by atoms with Gasteiger partial charge in [0.1, 0.15) is 9.84 Å². The molecule has 0 spiro atoms. The van der Waals surface area contributed by atoms with E-state index in [2.05, 4.69) is 34.2 Å². The molecule has 2 N–H and O–H groups in total. The maximum Gasteiger partial charge on any atom is 0.191 e. The van der Waals surface area contributed by atoms with Gasteiger partial charge in [-0.2, -0.15) is 11.8 Å². The number of sulfone groups is 1. The third kappa shape index (κ3) is 8.95. The average molecular weight is 547 g/mol. The number of nitrogens with zero attached hydrogens (tertiary/aromatic N) is 2. The molecule has 28 heavy (non-hydrogen) atoms. The van der Waals surface area contributed by atoms with Crippen LogP contribution < -0.4 is 10.6 Å². The Kier molecular flexibility index (Phi) is 12.1. The molecule has 2 fully saturated rings. The van der Waals surface area contributed by atoms with Crippen molar-refractivity contribution in [2.24, 2.45) is 4.99 Å². The third-order valence-corrected chi connectivity index (χ3v) is 7.57. The van der Waals surface area contributed by atoms with Crippen LogP contribution in [0.5, 0.6) is 0 Å². The lowest BCUT2D eigenvalue weighted by Crippen LogP contribution is -2.56. The molecule has 2 rings (SSSR count). The smallest absolute Gasteiger partial charge is 0.191 e. The van der Waals surface area contributed by atoms with Crippen LogP contribution in [0.3, 0.4) is 0 Å². The minimum atomic E-state index is -2.93. The first kappa shape index (κ1) is 26.3. The molecular weight excluding hydrogens is 507 g/mol. The summed E-state index contributed by atoms with van der Waals surface area (Å²) >= 11 is 2.06. The molecule has 1 saturated heterocycles. The molecule has 2 aliphatic rings. The van der Waals surface area contributed by atoms with Gasteiger partial charge in [0.25, 0.3) is 0 Å². The Morgan fingerprint density at radius 2 is 1.86 bits per heavy atom. The second kappa shape index (κ2) is 12.8. The van der Waals surface area contributed by atoms with Crippen molar-refractivity contribution < 1.29 is 8.42 Å². The fraction of sp³-hybridized carbons (Fsp3) is 0.947. The standard InChI is InChI=1S/C19H38N4O2S2.HI/c1-4-20-18(22-17(2)8-15-27(3,24)25)21-16-19(9-6-5-7-10-19)23-11-13-26-14-12-23;/h17H,4-16H2,1-3H3,(H2,20,21,22);1H.